The van der Waals surface area contributed by atoms with Gasteiger partial charge in [0.15, 0.2) is 0 Å². The highest BCUT2D eigenvalue weighted by atomic mass is 16.5. The average molecular weight is 544 g/mol. The number of rotatable bonds is 8. The summed E-state index contributed by atoms with van der Waals surface area (Å²) < 4.78 is 5.56. The van der Waals surface area contributed by atoms with Gasteiger partial charge in [0.05, 0.1) is 6.54 Å². The normalized spacial score (nSPS) is 18.2. The second-order valence-electron chi connectivity index (χ2n) is 12.9. The van der Waals surface area contributed by atoms with Gasteiger partial charge in [-0.25, -0.2) is 0 Å². The van der Waals surface area contributed by atoms with Crippen molar-refractivity contribution in [2.75, 3.05) is 26.2 Å². The Labute approximate surface area is 239 Å². The van der Waals surface area contributed by atoms with Crippen molar-refractivity contribution in [3.8, 4) is 11.4 Å². The number of amides is 1. The van der Waals surface area contributed by atoms with Crippen LogP contribution in [-0.4, -0.2) is 52.0 Å². The Hall–Kier alpha value is -3.03. The molecule has 3 aromatic rings. The number of carbonyl (C=O) groups is 1. The number of nitrogens with zero attached hydrogens (tertiary/aromatic N) is 4. The second-order valence-corrected chi connectivity index (χ2v) is 12.9. The van der Waals surface area contributed by atoms with Crippen LogP contribution in [0.2, 0.25) is 0 Å². The van der Waals surface area contributed by atoms with Crippen LogP contribution in [0.4, 0.5) is 0 Å². The summed E-state index contributed by atoms with van der Waals surface area (Å²) in [6.07, 6.45) is 4.26. The summed E-state index contributed by atoms with van der Waals surface area (Å²) in [7, 11) is 0. The second kappa shape index (κ2) is 12.6. The summed E-state index contributed by atoms with van der Waals surface area (Å²) in [5.74, 6) is 2.30. The number of hydrogen-bond acceptors (Lipinski definition) is 6. The standard InChI is InChI=1S/C33H45N5O2/c1-24-12-16-37(17-13-24)22-26-7-5-6-25(20-26)21-34-32(39)28-14-18-38(19-15-28)23-30-35-31(36-40-30)27-8-10-29(11-9-27)33(2,3)4/h5-11,20,24,28H,12-19,21-23H2,1-4H3,(H,34,39). The zero-order chi connectivity index (χ0) is 28.1. The van der Waals surface area contributed by atoms with Crippen LogP contribution >= 0.6 is 0 Å². The Kier molecular flexibility index (Phi) is 9.01. The summed E-state index contributed by atoms with van der Waals surface area (Å²) in [5.41, 5.74) is 4.86. The monoisotopic (exact) mass is 543 g/mol. The van der Waals surface area contributed by atoms with Crippen molar-refractivity contribution in [1.82, 2.24) is 25.3 Å². The third-order valence-electron chi connectivity index (χ3n) is 8.54. The lowest BCUT2D eigenvalue weighted by Gasteiger charge is -2.30. The van der Waals surface area contributed by atoms with E-state index in [4.69, 9.17) is 4.52 Å². The van der Waals surface area contributed by atoms with Crippen LogP contribution in [0.15, 0.2) is 53.1 Å². The number of aromatic nitrogens is 2. The van der Waals surface area contributed by atoms with Gasteiger partial charge in [-0.3, -0.25) is 14.6 Å². The van der Waals surface area contributed by atoms with Gasteiger partial charge < -0.3 is 9.84 Å². The molecule has 0 bridgehead atoms. The first-order chi connectivity index (χ1) is 19.2. The van der Waals surface area contributed by atoms with Gasteiger partial charge in [0.2, 0.25) is 17.6 Å². The minimum atomic E-state index is 0.0503. The molecule has 2 aromatic carbocycles. The molecule has 214 valence electrons. The van der Waals surface area contributed by atoms with E-state index < -0.39 is 0 Å². The molecule has 0 unspecified atom stereocenters. The zero-order valence-corrected chi connectivity index (χ0v) is 24.7. The predicted molar refractivity (Wildman–Crippen MR) is 158 cm³/mol. The van der Waals surface area contributed by atoms with Gasteiger partial charge in [0.25, 0.3) is 0 Å². The molecule has 2 fully saturated rings. The lowest BCUT2D eigenvalue weighted by molar-refractivity contribution is -0.126. The number of piperidine rings is 2. The Morgan fingerprint density at radius 1 is 0.925 bits per heavy atom. The van der Waals surface area contributed by atoms with Crippen molar-refractivity contribution in [3.63, 3.8) is 0 Å². The molecule has 1 N–H and O–H groups in total. The van der Waals surface area contributed by atoms with Crippen LogP contribution < -0.4 is 5.32 Å². The Morgan fingerprint density at radius 2 is 1.57 bits per heavy atom. The lowest BCUT2D eigenvalue weighted by Crippen LogP contribution is -2.40. The molecule has 0 aliphatic carbocycles. The van der Waals surface area contributed by atoms with Gasteiger partial charge in [0.1, 0.15) is 0 Å². The van der Waals surface area contributed by atoms with E-state index in [1.54, 1.807) is 0 Å². The van der Waals surface area contributed by atoms with E-state index in [0.29, 0.717) is 24.8 Å². The molecule has 1 amide bonds. The van der Waals surface area contributed by atoms with Crippen molar-refractivity contribution in [3.05, 3.63) is 71.1 Å². The third-order valence-corrected chi connectivity index (χ3v) is 8.54. The number of carbonyl (C=O) groups excluding carboxylic acids is 1. The van der Waals surface area contributed by atoms with E-state index >= 15 is 0 Å². The van der Waals surface area contributed by atoms with Crippen LogP contribution in [0.5, 0.6) is 0 Å². The molecular weight excluding hydrogens is 498 g/mol. The van der Waals surface area contributed by atoms with Crippen LogP contribution in [0.25, 0.3) is 11.4 Å². The number of likely N-dealkylation sites (tertiary alicyclic amines) is 2. The zero-order valence-electron chi connectivity index (χ0n) is 24.7. The summed E-state index contributed by atoms with van der Waals surface area (Å²) in [4.78, 5) is 22.4. The first-order valence-electron chi connectivity index (χ1n) is 15.0. The van der Waals surface area contributed by atoms with Gasteiger partial charge in [-0.15, -0.1) is 0 Å². The number of hydrogen-bond donors (Lipinski definition) is 1. The molecule has 0 radical (unpaired) electrons. The molecule has 7 nitrogen and oxygen atoms in total. The van der Waals surface area contributed by atoms with Gasteiger partial charge in [0, 0.05) is 24.6 Å². The van der Waals surface area contributed by atoms with Crippen molar-refractivity contribution >= 4 is 5.91 Å². The molecule has 5 rings (SSSR count). The fourth-order valence-corrected chi connectivity index (χ4v) is 5.75. The SMILES string of the molecule is CC1CCN(Cc2cccc(CNC(=O)C3CCN(Cc4nc(-c5ccc(C(C)(C)C)cc5)no4)CC3)c2)CC1. The van der Waals surface area contributed by atoms with E-state index in [1.807, 2.05) is 0 Å². The molecule has 2 aliphatic heterocycles. The maximum Gasteiger partial charge on any atom is 0.241 e. The highest BCUT2D eigenvalue weighted by Gasteiger charge is 2.26. The van der Waals surface area contributed by atoms with Crippen molar-refractivity contribution in [2.45, 2.75) is 78.4 Å². The van der Waals surface area contributed by atoms with E-state index in [0.717, 1.165) is 44.0 Å². The van der Waals surface area contributed by atoms with Crippen LogP contribution in [0.3, 0.4) is 0 Å². The lowest BCUT2D eigenvalue weighted by atomic mass is 9.87. The fraction of sp³-hybridized carbons (Fsp3) is 0.545. The van der Waals surface area contributed by atoms with Crippen LogP contribution in [-0.2, 0) is 29.8 Å². The molecule has 2 aliphatic rings. The molecule has 7 heteroatoms. The molecule has 0 atom stereocenters. The quantitative estimate of drug-likeness (QED) is 0.387. The molecule has 0 saturated carbocycles. The van der Waals surface area contributed by atoms with Gasteiger partial charge in [-0.2, -0.15) is 4.98 Å². The maximum atomic E-state index is 12.9. The molecule has 2 saturated heterocycles. The minimum Gasteiger partial charge on any atom is -0.352 e. The topological polar surface area (TPSA) is 74.5 Å². The molecule has 0 spiro atoms. The summed E-state index contributed by atoms with van der Waals surface area (Å²) in [6.45, 7) is 15.2. The third kappa shape index (κ3) is 7.58. The molecular formula is C33H45N5O2. The van der Waals surface area contributed by atoms with E-state index in [1.165, 1.54) is 42.6 Å². The van der Waals surface area contributed by atoms with Crippen molar-refractivity contribution in [2.24, 2.45) is 11.8 Å². The van der Waals surface area contributed by atoms with Crippen LogP contribution in [0, 0.1) is 11.8 Å². The Bertz CT molecular complexity index is 1250. The highest BCUT2D eigenvalue weighted by Crippen LogP contribution is 2.26. The largest absolute Gasteiger partial charge is 0.352 e. The van der Waals surface area contributed by atoms with Crippen molar-refractivity contribution < 1.29 is 9.32 Å². The van der Waals surface area contributed by atoms with Crippen molar-refractivity contribution in [1.29, 1.82) is 0 Å². The van der Waals surface area contributed by atoms with E-state index in [2.05, 4.69) is 101 Å². The molecule has 3 heterocycles. The highest BCUT2D eigenvalue weighted by molar-refractivity contribution is 5.78. The summed E-state index contributed by atoms with van der Waals surface area (Å²) >= 11 is 0. The predicted octanol–water partition coefficient (Wildman–Crippen LogP) is 5.79. The Morgan fingerprint density at radius 3 is 2.27 bits per heavy atom. The first kappa shape index (κ1) is 28.5. The molecule has 40 heavy (non-hydrogen) atoms. The van der Waals surface area contributed by atoms with Crippen LogP contribution in [0.1, 0.15) is 76.0 Å². The number of nitrogens with one attached hydrogen (secondary N) is 1. The summed E-state index contributed by atoms with van der Waals surface area (Å²) in [5, 5.41) is 7.39. The smallest absolute Gasteiger partial charge is 0.241 e. The fourth-order valence-electron chi connectivity index (χ4n) is 5.75. The average Bonchev–Trinajstić information content (AvgIpc) is 3.42. The van der Waals surface area contributed by atoms with Gasteiger partial charge in [-0.05, 0) is 79.9 Å². The number of benzene rings is 2. The van der Waals surface area contributed by atoms with E-state index in [-0.39, 0.29) is 17.2 Å². The molecule has 1 aromatic heterocycles. The van der Waals surface area contributed by atoms with Gasteiger partial charge >= 0.3 is 0 Å². The summed E-state index contributed by atoms with van der Waals surface area (Å²) in [6, 6.07) is 17.1. The minimum absolute atomic E-state index is 0.0503. The van der Waals surface area contributed by atoms with E-state index in [9.17, 15) is 4.79 Å². The Balaban J connectivity index is 1.05. The maximum absolute atomic E-state index is 12.9. The van der Waals surface area contributed by atoms with Gasteiger partial charge in [-0.1, -0.05) is 81.4 Å². The first-order valence-corrected chi connectivity index (χ1v) is 15.0.